The van der Waals surface area contributed by atoms with Crippen LogP contribution < -0.4 is 9.47 Å². The number of hydrogen-bond acceptors (Lipinski definition) is 4. The molecule has 21 heavy (non-hydrogen) atoms. The van der Waals surface area contributed by atoms with Crippen LogP contribution in [0, 0.1) is 18.3 Å². The Morgan fingerprint density at radius 1 is 1.29 bits per heavy atom. The highest BCUT2D eigenvalue weighted by Crippen LogP contribution is 2.37. The number of esters is 1. The Bertz CT molecular complexity index is 735. The van der Waals surface area contributed by atoms with Gasteiger partial charge in [-0.05, 0) is 40.5 Å². The van der Waals surface area contributed by atoms with Crippen LogP contribution in [0.1, 0.15) is 21.5 Å². The molecule has 0 spiro atoms. The summed E-state index contributed by atoms with van der Waals surface area (Å²) < 4.78 is 11.1. The maximum Gasteiger partial charge on any atom is 0.343 e. The molecule has 0 saturated carbocycles. The van der Waals surface area contributed by atoms with E-state index in [-0.39, 0.29) is 5.75 Å². The van der Waals surface area contributed by atoms with E-state index in [4.69, 9.17) is 14.7 Å². The largest absolute Gasteiger partial charge is 0.493 e. The molecule has 0 bridgehead atoms. The second-order valence-corrected chi connectivity index (χ2v) is 5.16. The molecule has 5 heteroatoms. The standard InChI is InChI=1S/C16H12BrNO3/c1-10-5-3-4-6-12(10)16(19)21-15-13(17)7-11(9-18)8-14(15)20-2/h3-8H,1-2H3. The summed E-state index contributed by atoms with van der Waals surface area (Å²) in [5.74, 6) is 0.101. The van der Waals surface area contributed by atoms with Gasteiger partial charge in [-0.15, -0.1) is 0 Å². The molecule has 0 heterocycles. The van der Waals surface area contributed by atoms with Crippen LogP contribution in [-0.4, -0.2) is 13.1 Å². The number of methoxy groups -OCH3 is 1. The first-order valence-corrected chi connectivity index (χ1v) is 6.91. The molecular weight excluding hydrogens is 334 g/mol. The zero-order valence-corrected chi connectivity index (χ0v) is 13.1. The summed E-state index contributed by atoms with van der Waals surface area (Å²) >= 11 is 3.29. The van der Waals surface area contributed by atoms with Crippen LogP contribution in [0.4, 0.5) is 0 Å². The Labute approximate surface area is 131 Å². The Balaban J connectivity index is 2.38. The van der Waals surface area contributed by atoms with Gasteiger partial charge in [-0.25, -0.2) is 4.79 Å². The molecule has 0 aliphatic rings. The molecule has 0 amide bonds. The van der Waals surface area contributed by atoms with Gasteiger partial charge in [-0.3, -0.25) is 0 Å². The molecule has 4 nitrogen and oxygen atoms in total. The van der Waals surface area contributed by atoms with Crippen molar-refractivity contribution in [1.82, 2.24) is 0 Å². The fourth-order valence-corrected chi connectivity index (χ4v) is 2.36. The maximum atomic E-state index is 12.2. The summed E-state index contributed by atoms with van der Waals surface area (Å²) in [6, 6.07) is 12.3. The average molecular weight is 346 g/mol. The third-order valence-electron chi connectivity index (χ3n) is 2.92. The molecule has 0 aliphatic heterocycles. The molecule has 0 N–H and O–H groups in total. The smallest absolute Gasteiger partial charge is 0.343 e. The minimum absolute atomic E-state index is 0.254. The van der Waals surface area contributed by atoms with E-state index >= 15 is 0 Å². The van der Waals surface area contributed by atoms with Crippen molar-refractivity contribution in [2.45, 2.75) is 6.92 Å². The summed E-state index contributed by atoms with van der Waals surface area (Å²) in [5, 5.41) is 8.94. The number of rotatable bonds is 3. The van der Waals surface area contributed by atoms with Crippen molar-refractivity contribution in [2.75, 3.05) is 7.11 Å². The quantitative estimate of drug-likeness (QED) is 0.626. The highest BCUT2D eigenvalue weighted by molar-refractivity contribution is 9.10. The van der Waals surface area contributed by atoms with Crippen LogP contribution in [0.15, 0.2) is 40.9 Å². The van der Waals surface area contributed by atoms with Crippen molar-refractivity contribution in [3.05, 3.63) is 57.6 Å². The van der Waals surface area contributed by atoms with Crippen LogP contribution in [-0.2, 0) is 0 Å². The lowest BCUT2D eigenvalue weighted by molar-refractivity contribution is 0.0727. The Kier molecular flexibility index (Phi) is 4.61. The summed E-state index contributed by atoms with van der Waals surface area (Å²) in [5.41, 5.74) is 1.72. The number of carbonyl (C=O) groups excluding carboxylic acids is 1. The Morgan fingerprint density at radius 2 is 2.00 bits per heavy atom. The van der Waals surface area contributed by atoms with Gasteiger partial charge in [0.2, 0.25) is 0 Å². The topological polar surface area (TPSA) is 59.3 Å². The SMILES string of the molecule is COc1cc(C#N)cc(Br)c1OC(=O)c1ccccc1C. The van der Waals surface area contributed by atoms with Gasteiger partial charge in [-0.1, -0.05) is 18.2 Å². The van der Waals surface area contributed by atoms with Gasteiger partial charge in [0, 0.05) is 6.07 Å². The molecule has 2 aromatic carbocycles. The van der Waals surface area contributed by atoms with Crippen LogP contribution in [0.5, 0.6) is 11.5 Å². The molecule has 0 atom stereocenters. The van der Waals surface area contributed by atoms with Gasteiger partial charge < -0.3 is 9.47 Å². The lowest BCUT2D eigenvalue weighted by atomic mass is 10.1. The fourth-order valence-electron chi connectivity index (χ4n) is 1.83. The molecule has 2 aromatic rings. The zero-order chi connectivity index (χ0) is 15.4. The first kappa shape index (κ1) is 15.1. The minimum atomic E-state index is -0.475. The van der Waals surface area contributed by atoms with Crippen LogP contribution in [0.2, 0.25) is 0 Å². The number of benzene rings is 2. The van der Waals surface area contributed by atoms with Gasteiger partial charge in [-0.2, -0.15) is 5.26 Å². The molecule has 0 fully saturated rings. The monoisotopic (exact) mass is 345 g/mol. The first-order chi connectivity index (χ1) is 10.1. The third kappa shape index (κ3) is 3.23. The highest BCUT2D eigenvalue weighted by atomic mass is 79.9. The van der Waals surface area contributed by atoms with Crippen molar-refractivity contribution < 1.29 is 14.3 Å². The van der Waals surface area contributed by atoms with Crippen LogP contribution in [0.25, 0.3) is 0 Å². The van der Waals surface area contributed by atoms with Crippen molar-refractivity contribution in [2.24, 2.45) is 0 Å². The van der Waals surface area contributed by atoms with E-state index < -0.39 is 5.97 Å². The van der Waals surface area contributed by atoms with Gasteiger partial charge in [0.1, 0.15) is 0 Å². The molecular formula is C16H12BrNO3. The lowest BCUT2D eigenvalue weighted by Gasteiger charge is -2.12. The van der Waals surface area contributed by atoms with Crippen LogP contribution in [0.3, 0.4) is 0 Å². The first-order valence-electron chi connectivity index (χ1n) is 6.12. The lowest BCUT2D eigenvalue weighted by Crippen LogP contribution is -2.11. The van der Waals surface area contributed by atoms with Crippen molar-refractivity contribution >= 4 is 21.9 Å². The molecule has 0 aliphatic carbocycles. The van der Waals surface area contributed by atoms with E-state index in [1.165, 1.54) is 13.2 Å². The predicted octanol–water partition coefficient (Wildman–Crippen LogP) is 3.86. The number of nitriles is 1. The summed E-state index contributed by atoms with van der Waals surface area (Å²) in [4.78, 5) is 12.2. The van der Waals surface area contributed by atoms with Gasteiger partial charge in [0.25, 0.3) is 0 Å². The van der Waals surface area contributed by atoms with E-state index in [0.29, 0.717) is 21.3 Å². The minimum Gasteiger partial charge on any atom is -0.493 e. The normalized spacial score (nSPS) is 9.81. The van der Waals surface area contributed by atoms with E-state index in [9.17, 15) is 4.79 Å². The van der Waals surface area contributed by atoms with Crippen molar-refractivity contribution in [3.8, 4) is 17.6 Å². The van der Waals surface area contributed by atoms with E-state index in [1.807, 2.05) is 25.1 Å². The van der Waals surface area contributed by atoms with E-state index in [0.717, 1.165) is 5.56 Å². The predicted molar refractivity (Wildman–Crippen MR) is 81.5 cm³/mol. The summed E-state index contributed by atoms with van der Waals surface area (Å²) in [6.45, 7) is 1.83. The maximum absolute atomic E-state index is 12.2. The van der Waals surface area contributed by atoms with E-state index in [1.54, 1.807) is 18.2 Å². The van der Waals surface area contributed by atoms with Crippen LogP contribution >= 0.6 is 15.9 Å². The number of carbonyl (C=O) groups is 1. The van der Waals surface area contributed by atoms with Gasteiger partial charge >= 0.3 is 5.97 Å². The highest BCUT2D eigenvalue weighted by Gasteiger charge is 2.17. The fraction of sp³-hybridized carbons (Fsp3) is 0.125. The zero-order valence-electron chi connectivity index (χ0n) is 11.5. The molecule has 0 saturated heterocycles. The van der Waals surface area contributed by atoms with Crippen molar-refractivity contribution in [3.63, 3.8) is 0 Å². The molecule has 0 radical (unpaired) electrons. The molecule has 2 rings (SSSR count). The van der Waals surface area contributed by atoms with Crippen molar-refractivity contribution in [1.29, 1.82) is 5.26 Å². The Morgan fingerprint density at radius 3 is 2.62 bits per heavy atom. The van der Waals surface area contributed by atoms with E-state index in [2.05, 4.69) is 15.9 Å². The molecule has 0 unspecified atom stereocenters. The number of ether oxygens (including phenoxy) is 2. The second kappa shape index (κ2) is 6.42. The van der Waals surface area contributed by atoms with Gasteiger partial charge in [0.05, 0.1) is 28.8 Å². The second-order valence-electron chi connectivity index (χ2n) is 4.31. The number of nitrogens with zero attached hydrogens (tertiary/aromatic N) is 1. The summed E-state index contributed by atoms with van der Waals surface area (Å²) in [6.07, 6.45) is 0. The number of halogens is 1. The van der Waals surface area contributed by atoms with Gasteiger partial charge in [0.15, 0.2) is 11.5 Å². The third-order valence-corrected chi connectivity index (χ3v) is 3.51. The molecule has 106 valence electrons. The number of hydrogen-bond donors (Lipinski definition) is 0. The number of aryl methyl sites for hydroxylation is 1. The average Bonchev–Trinajstić information content (AvgIpc) is 2.49. The molecule has 0 aromatic heterocycles. The summed E-state index contributed by atoms with van der Waals surface area (Å²) in [7, 11) is 1.45. The Hall–Kier alpha value is -2.32.